The van der Waals surface area contributed by atoms with Gasteiger partial charge >= 0.3 is 0 Å². The molecule has 82 valence electrons. The van der Waals surface area contributed by atoms with Crippen LogP contribution >= 0.6 is 11.6 Å². The van der Waals surface area contributed by atoms with Crippen LogP contribution in [0.15, 0.2) is 24.3 Å². The molecule has 0 aliphatic carbocycles. The Hall–Kier alpha value is -0.610. The van der Waals surface area contributed by atoms with Gasteiger partial charge in [-0.05, 0) is 24.5 Å². The number of hydrazine groups is 1. The first-order valence-electron chi connectivity index (χ1n) is 5.15. The van der Waals surface area contributed by atoms with Crippen molar-refractivity contribution in [3.05, 3.63) is 34.9 Å². The van der Waals surface area contributed by atoms with Gasteiger partial charge in [0.1, 0.15) is 0 Å². The first-order valence-corrected chi connectivity index (χ1v) is 5.53. The van der Waals surface area contributed by atoms with Crippen molar-refractivity contribution in [2.75, 3.05) is 6.61 Å². The molecule has 2 rings (SSSR count). The Morgan fingerprint density at radius 1 is 1.47 bits per heavy atom. The van der Waals surface area contributed by atoms with Crippen molar-refractivity contribution in [3.63, 3.8) is 0 Å². The molecule has 3 N–H and O–H groups in total. The Labute approximate surface area is 94.5 Å². The van der Waals surface area contributed by atoms with Gasteiger partial charge in [0, 0.05) is 11.6 Å². The zero-order valence-corrected chi connectivity index (χ0v) is 9.20. The summed E-state index contributed by atoms with van der Waals surface area (Å²) in [6, 6.07) is 7.71. The summed E-state index contributed by atoms with van der Waals surface area (Å²) in [5.41, 5.74) is 3.80. The van der Waals surface area contributed by atoms with Crippen LogP contribution in [0.2, 0.25) is 5.02 Å². The predicted molar refractivity (Wildman–Crippen MR) is 60.5 cm³/mol. The van der Waals surface area contributed by atoms with Crippen molar-refractivity contribution < 1.29 is 4.74 Å². The van der Waals surface area contributed by atoms with Crippen molar-refractivity contribution in [2.45, 2.75) is 25.0 Å². The maximum Gasteiger partial charge on any atom is 0.0784 e. The maximum atomic E-state index is 6.13. The second kappa shape index (κ2) is 4.94. The molecule has 1 aliphatic rings. The van der Waals surface area contributed by atoms with E-state index >= 15 is 0 Å². The molecule has 0 saturated carbocycles. The highest BCUT2D eigenvalue weighted by molar-refractivity contribution is 6.31. The Kier molecular flexibility index (Phi) is 3.59. The Bertz CT molecular complexity index is 326. The van der Waals surface area contributed by atoms with E-state index in [1.165, 1.54) is 0 Å². The number of hydrogen-bond donors (Lipinski definition) is 2. The van der Waals surface area contributed by atoms with E-state index in [1.807, 2.05) is 24.3 Å². The van der Waals surface area contributed by atoms with E-state index < -0.39 is 0 Å². The molecule has 1 aromatic rings. The van der Waals surface area contributed by atoms with Crippen molar-refractivity contribution in [2.24, 2.45) is 5.84 Å². The zero-order valence-electron chi connectivity index (χ0n) is 8.45. The van der Waals surface area contributed by atoms with Gasteiger partial charge < -0.3 is 4.74 Å². The second-order valence-corrected chi connectivity index (χ2v) is 4.12. The third kappa shape index (κ3) is 2.32. The van der Waals surface area contributed by atoms with E-state index in [-0.39, 0.29) is 12.1 Å². The molecule has 4 heteroatoms. The van der Waals surface area contributed by atoms with Gasteiger partial charge in [0.15, 0.2) is 0 Å². The van der Waals surface area contributed by atoms with Crippen molar-refractivity contribution in [1.29, 1.82) is 0 Å². The molecule has 0 amide bonds. The normalized spacial score (nSPS) is 22.9. The van der Waals surface area contributed by atoms with E-state index in [1.54, 1.807) is 0 Å². The van der Waals surface area contributed by atoms with Gasteiger partial charge in [-0.1, -0.05) is 29.8 Å². The minimum absolute atomic E-state index is 0.0128. The number of ether oxygens (including phenoxy) is 1. The van der Waals surface area contributed by atoms with Gasteiger partial charge in [-0.3, -0.25) is 11.3 Å². The van der Waals surface area contributed by atoms with Gasteiger partial charge in [-0.25, -0.2) is 0 Å². The first-order chi connectivity index (χ1) is 7.33. The minimum Gasteiger partial charge on any atom is -0.376 e. The van der Waals surface area contributed by atoms with Gasteiger partial charge in [-0.15, -0.1) is 0 Å². The lowest BCUT2D eigenvalue weighted by Gasteiger charge is -2.23. The quantitative estimate of drug-likeness (QED) is 0.613. The van der Waals surface area contributed by atoms with Crippen LogP contribution in [-0.2, 0) is 4.74 Å². The number of rotatable bonds is 3. The average molecular weight is 227 g/mol. The van der Waals surface area contributed by atoms with Gasteiger partial charge in [0.2, 0.25) is 0 Å². The molecule has 2 unspecified atom stereocenters. The second-order valence-electron chi connectivity index (χ2n) is 3.72. The van der Waals surface area contributed by atoms with Gasteiger partial charge in [0.25, 0.3) is 0 Å². The number of hydrogen-bond acceptors (Lipinski definition) is 3. The standard InChI is InChI=1S/C11H15ClN2O/c12-9-5-2-1-4-8(9)11(14-13)10-6-3-7-15-10/h1-2,4-5,10-11,14H,3,6-7,13H2. The van der Waals surface area contributed by atoms with Crippen LogP contribution in [0.5, 0.6) is 0 Å². The van der Waals surface area contributed by atoms with E-state index in [4.69, 9.17) is 22.2 Å². The van der Waals surface area contributed by atoms with Crippen LogP contribution < -0.4 is 11.3 Å². The molecule has 3 nitrogen and oxygen atoms in total. The summed E-state index contributed by atoms with van der Waals surface area (Å²) in [6.07, 6.45) is 2.25. The number of halogens is 1. The SMILES string of the molecule is NNC(c1ccccc1Cl)C1CCCO1. The molecule has 0 radical (unpaired) electrons. The van der Waals surface area contributed by atoms with Gasteiger partial charge in [0.05, 0.1) is 12.1 Å². The van der Waals surface area contributed by atoms with E-state index in [0.29, 0.717) is 0 Å². The van der Waals surface area contributed by atoms with Crippen LogP contribution in [-0.4, -0.2) is 12.7 Å². The van der Waals surface area contributed by atoms with Crippen LogP contribution in [0.1, 0.15) is 24.4 Å². The number of nitrogens with one attached hydrogen (secondary N) is 1. The summed E-state index contributed by atoms with van der Waals surface area (Å²) in [5.74, 6) is 5.56. The van der Waals surface area contributed by atoms with Crippen LogP contribution in [0.25, 0.3) is 0 Å². The summed E-state index contributed by atoms with van der Waals surface area (Å²) < 4.78 is 5.61. The highest BCUT2D eigenvalue weighted by Gasteiger charge is 2.27. The smallest absolute Gasteiger partial charge is 0.0784 e. The lowest BCUT2D eigenvalue weighted by atomic mass is 10.00. The molecule has 1 fully saturated rings. The van der Waals surface area contributed by atoms with E-state index in [9.17, 15) is 0 Å². The first kappa shape index (κ1) is 10.9. The Balaban J connectivity index is 2.22. The number of nitrogens with two attached hydrogens (primary N) is 1. The zero-order chi connectivity index (χ0) is 10.7. The molecule has 0 aromatic heterocycles. The third-order valence-corrected chi connectivity index (χ3v) is 3.10. The topological polar surface area (TPSA) is 47.3 Å². The minimum atomic E-state index is -0.0128. The van der Waals surface area contributed by atoms with Gasteiger partial charge in [-0.2, -0.15) is 0 Å². The molecule has 0 spiro atoms. The monoisotopic (exact) mass is 226 g/mol. The molecule has 1 heterocycles. The highest BCUT2D eigenvalue weighted by atomic mass is 35.5. The molecule has 1 aromatic carbocycles. The van der Waals surface area contributed by atoms with E-state index in [2.05, 4.69) is 5.43 Å². The fourth-order valence-corrected chi connectivity index (χ4v) is 2.24. The van der Waals surface area contributed by atoms with Crippen LogP contribution in [0.3, 0.4) is 0 Å². The lowest BCUT2D eigenvalue weighted by Crippen LogP contribution is -2.36. The molecule has 15 heavy (non-hydrogen) atoms. The molecule has 1 aliphatic heterocycles. The highest BCUT2D eigenvalue weighted by Crippen LogP contribution is 2.30. The lowest BCUT2D eigenvalue weighted by molar-refractivity contribution is 0.0784. The maximum absolute atomic E-state index is 6.13. The predicted octanol–water partition coefficient (Wildman–Crippen LogP) is 2.02. The molecular weight excluding hydrogens is 212 g/mol. The molecule has 0 bridgehead atoms. The van der Waals surface area contributed by atoms with Crippen LogP contribution in [0, 0.1) is 0 Å². The molecule has 2 atom stereocenters. The largest absolute Gasteiger partial charge is 0.376 e. The van der Waals surface area contributed by atoms with Crippen molar-refractivity contribution in [3.8, 4) is 0 Å². The third-order valence-electron chi connectivity index (χ3n) is 2.76. The average Bonchev–Trinajstić information content (AvgIpc) is 2.75. The summed E-state index contributed by atoms with van der Waals surface area (Å²) in [4.78, 5) is 0. The van der Waals surface area contributed by atoms with Crippen LogP contribution in [0.4, 0.5) is 0 Å². The number of benzene rings is 1. The summed E-state index contributed by atoms with van der Waals surface area (Å²) in [5, 5.41) is 0.732. The fourth-order valence-electron chi connectivity index (χ4n) is 1.99. The van der Waals surface area contributed by atoms with Crippen molar-refractivity contribution in [1.82, 2.24) is 5.43 Å². The van der Waals surface area contributed by atoms with E-state index in [0.717, 1.165) is 30.0 Å². The summed E-state index contributed by atoms with van der Waals surface area (Å²) >= 11 is 6.13. The summed E-state index contributed by atoms with van der Waals surface area (Å²) in [7, 11) is 0. The molecule has 1 saturated heterocycles. The molecular formula is C11H15ClN2O. The Morgan fingerprint density at radius 2 is 2.27 bits per heavy atom. The Morgan fingerprint density at radius 3 is 2.87 bits per heavy atom. The summed E-state index contributed by atoms with van der Waals surface area (Å²) in [6.45, 7) is 0.813. The van der Waals surface area contributed by atoms with Crippen molar-refractivity contribution >= 4 is 11.6 Å². The fraction of sp³-hybridized carbons (Fsp3) is 0.455.